The molecule has 1 aromatic heterocycles. The number of nitrogens with zero attached hydrogens (tertiary/aromatic N) is 2. The van der Waals surface area contributed by atoms with Crippen LogP contribution in [0.2, 0.25) is 0 Å². The monoisotopic (exact) mass is 269 g/mol. The van der Waals surface area contributed by atoms with Gasteiger partial charge in [0.1, 0.15) is 5.82 Å². The van der Waals surface area contributed by atoms with E-state index < -0.39 is 10.0 Å². The Hall–Kier alpha value is -1.14. The molecule has 1 unspecified atom stereocenters. The lowest BCUT2D eigenvalue weighted by atomic mass is 10.1. The van der Waals surface area contributed by atoms with E-state index in [4.69, 9.17) is 0 Å². The van der Waals surface area contributed by atoms with Crippen molar-refractivity contribution in [3.05, 3.63) is 23.9 Å². The summed E-state index contributed by atoms with van der Waals surface area (Å²) >= 11 is 0. The molecule has 100 valence electrons. The summed E-state index contributed by atoms with van der Waals surface area (Å²) in [4.78, 5) is 6.48. The minimum Gasteiger partial charge on any atom is -0.355 e. The van der Waals surface area contributed by atoms with Crippen LogP contribution in [0.1, 0.15) is 18.4 Å². The maximum Gasteiger partial charge on any atom is 0.209 e. The van der Waals surface area contributed by atoms with Gasteiger partial charge >= 0.3 is 0 Å². The van der Waals surface area contributed by atoms with Gasteiger partial charge in [0.2, 0.25) is 10.0 Å². The molecule has 2 heterocycles. The zero-order valence-corrected chi connectivity index (χ0v) is 11.6. The van der Waals surface area contributed by atoms with Crippen LogP contribution in [0.5, 0.6) is 0 Å². The first-order valence-electron chi connectivity index (χ1n) is 6.09. The van der Waals surface area contributed by atoms with Crippen LogP contribution in [0, 0.1) is 6.92 Å². The van der Waals surface area contributed by atoms with Gasteiger partial charge in [-0.15, -0.1) is 0 Å². The van der Waals surface area contributed by atoms with Gasteiger partial charge in [0.05, 0.1) is 6.26 Å². The average Bonchev–Trinajstić information content (AvgIpc) is 2.27. The maximum absolute atomic E-state index is 11.3. The normalized spacial score (nSPS) is 21.0. The van der Waals surface area contributed by atoms with Crippen LogP contribution in [-0.2, 0) is 10.0 Å². The Morgan fingerprint density at radius 3 is 2.94 bits per heavy atom. The van der Waals surface area contributed by atoms with Gasteiger partial charge in [0.25, 0.3) is 0 Å². The fourth-order valence-corrected chi connectivity index (χ4v) is 3.08. The molecule has 18 heavy (non-hydrogen) atoms. The van der Waals surface area contributed by atoms with E-state index in [0.29, 0.717) is 6.54 Å². The van der Waals surface area contributed by atoms with Crippen molar-refractivity contribution in [2.75, 3.05) is 24.2 Å². The van der Waals surface area contributed by atoms with E-state index in [1.54, 1.807) is 6.20 Å². The number of pyridine rings is 1. The number of hydrogen-bond acceptors (Lipinski definition) is 4. The van der Waals surface area contributed by atoms with Gasteiger partial charge < -0.3 is 4.90 Å². The lowest BCUT2D eigenvalue weighted by Gasteiger charge is -2.33. The molecule has 1 saturated heterocycles. The maximum atomic E-state index is 11.3. The Morgan fingerprint density at radius 1 is 1.50 bits per heavy atom. The average molecular weight is 269 g/mol. The standard InChI is InChI=1S/C12H19N3O2S/c1-10-5-6-13-12(8-10)15-7-3-4-11(9-15)14-18(2,16)17/h5-6,8,11,14H,3-4,7,9H2,1-2H3. The number of anilines is 1. The van der Waals surface area contributed by atoms with E-state index in [2.05, 4.69) is 14.6 Å². The Morgan fingerprint density at radius 2 is 2.28 bits per heavy atom. The molecule has 0 aromatic carbocycles. The SMILES string of the molecule is Cc1ccnc(N2CCCC(NS(C)(=O)=O)C2)c1. The molecule has 0 aliphatic carbocycles. The Labute approximate surface area is 108 Å². The summed E-state index contributed by atoms with van der Waals surface area (Å²) in [6.45, 7) is 3.64. The molecule has 0 amide bonds. The predicted molar refractivity (Wildman–Crippen MR) is 72.2 cm³/mol. The highest BCUT2D eigenvalue weighted by atomic mass is 32.2. The van der Waals surface area contributed by atoms with Crippen LogP contribution in [-0.4, -0.2) is 38.8 Å². The molecule has 5 nitrogen and oxygen atoms in total. The summed E-state index contributed by atoms with van der Waals surface area (Å²) in [7, 11) is -3.13. The molecular formula is C12H19N3O2S. The largest absolute Gasteiger partial charge is 0.355 e. The van der Waals surface area contributed by atoms with E-state index in [-0.39, 0.29) is 6.04 Å². The molecule has 1 N–H and O–H groups in total. The Balaban J connectivity index is 2.07. The number of aromatic nitrogens is 1. The van der Waals surface area contributed by atoms with Crippen molar-refractivity contribution in [3.63, 3.8) is 0 Å². The van der Waals surface area contributed by atoms with Crippen molar-refractivity contribution in [2.24, 2.45) is 0 Å². The molecule has 1 aliphatic heterocycles. The zero-order chi connectivity index (χ0) is 13.2. The van der Waals surface area contributed by atoms with Gasteiger partial charge in [-0.2, -0.15) is 0 Å². The van der Waals surface area contributed by atoms with E-state index >= 15 is 0 Å². The smallest absolute Gasteiger partial charge is 0.209 e. The molecule has 2 rings (SSSR count). The van der Waals surface area contributed by atoms with Crippen molar-refractivity contribution < 1.29 is 8.42 Å². The summed E-state index contributed by atoms with van der Waals surface area (Å²) in [6.07, 6.45) is 4.85. The van der Waals surface area contributed by atoms with Gasteiger partial charge in [-0.1, -0.05) is 0 Å². The second-order valence-corrected chi connectivity index (χ2v) is 6.65. The summed E-state index contributed by atoms with van der Waals surface area (Å²) in [5.74, 6) is 0.926. The molecule has 6 heteroatoms. The fourth-order valence-electron chi connectivity index (χ4n) is 2.28. The summed E-state index contributed by atoms with van der Waals surface area (Å²) < 4.78 is 25.2. The van der Waals surface area contributed by atoms with Crippen molar-refractivity contribution in [1.29, 1.82) is 0 Å². The van der Waals surface area contributed by atoms with Crippen molar-refractivity contribution in [1.82, 2.24) is 9.71 Å². The highest BCUT2D eigenvalue weighted by Crippen LogP contribution is 2.18. The van der Waals surface area contributed by atoms with Crippen LogP contribution in [0.15, 0.2) is 18.3 Å². The number of hydrogen-bond donors (Lipinski definition) is 1. The first-order chi connectivity index (χ1) is 8.44. The third-order valence-electron chi connectivity index (χ3n) is 3.03. The molecule has 1 fully saturated rings. The molecule has 1 aromatic rings. The van der Waals surface area contributed by atoms with E-state index in [1.165, 1.54) is 6.26 Å². The van der Waals surface area contributed by atoms with Crippen molar-refractivity contribution in [3.8, 4) is 0 Å². The Kier molecular flexibility index (Phi) is 3.87. The molecule has 0 saturated carbocycles. The lowest BCUT2D eigenvalue weighted by Crippen LogP contribution is -2.47. The van der Waals surface area contributed by atoms with Gasteiger partial charge in [0, 0.05) is 25.3 Å². The third kappa shape index (κ3) is 3.68. The number of piperidine rings is 1. The fraction of sp³-hybridized carbons (Fsp3) is 0.583. The Bertz CT molecular complexity index is 516. The summed E-state index contributed by atoms with van der Waals surface area (Å²) in [5, 5.41) is 0. The van der Waals surface area contributed by atoms with Gasteiger partial charge in [0.15, 0.2) is 0 Å². The highest BCUT2D eigenvalue weighted by Gasteiger charge is 2.23. The predicted octanol–water partition coefficient (Wildman–Crippen LogP) is 0.908. The van der Waals surface area contributed by atoms with Gasteiger partial charge in [-0.05, 0) is 37.5 Å². The topological polar surface area (TPSA) is 62.3 Å². The van der Waals surface area contributed by atoms with E-state index in [9.17, 15) is 8.42 Å². The van der Waals surface area contributed by atoms with E-state index in [1.807, 2.05) is 19.1 Å². The zero-order valence-electron chi connectivity index (χ0n) is 10.8. The number of rotatable bonds is 3. The summed E-state index contributed by atoms with van der Waals surface area (Å²) in [5.41, 5.74) is 1.16. The molecule has 0 spiro atoms. The highest BCUT2D eigenvalue weighted by molar-refractivity contribution is 7.88. The van der Waals surface area contributed by atoms with Crippen LogP contribution in [0.25, 0.3) is 0 Å². The third-order valence-corrected chi connectivity index (χ3v) is 3.79. The molecule has 0 radical (unpaired) electrons. The lowest BCUT2D eigenvalue weighted by molar-refractivity contribution is 0.465. The first kappa shape index (κ1) is 13.3. The minimum absolute atomic E-state index is 0.0175. The number of nitrogens with one attached hydrogen (secondary N) is 1. The van der Waals surface area contributed by atoms with Gasteiger partial charge in [-0.3, -0.25) is 0 Å². The van der Waals surface area contributed by atoms with Crippen LogP contribution < -0.4 is 9.62 Å². The minimum atomic E-state index is -3.13. The second-order valence-electron chi connectivity index (χ2n) is 4.87. The second kappa shape index (κ2) is 5.24. The van der Waals surface area contributed by atoms with Crippen molar-refractivity contribution >= 4 is 15.8 Å². The molecule has 1 aliphatic rings. The van der Waals surface area contributed by atoms with Crippen LogP contribution in [0.3, 0.4) is 0 Å². The van der Waals surface area contributed by atoms with Crippen molar-refractivity contribution in [2.45, 2.75) is 25.8 Å². The number of aryl methyl sites for hydroxylation is 1. The molecule has 1 atom stereocenters. The van der Waals surface area contributed by atoms with Gasteiger partial charge in [-0.25, -0.2) is 18.1 Å². The first-order valence-corrected chi connectivity index (χ1v) is 7.98. The molecular weight excluding hydrogens is 250 g/mol. The quantitative estimate of drug-likeness (QED) is 0.886. The number of sulfonamides is 1. The van der Waals surface area contributed by atoms with Crippen LogP contribution in [0.4, 0.5) is 5.82 Å². The van der Waals surface area contributed by atoms with Crippen LogP contribution >= 0.6 is 0 Å². The molecule has 0 bridgehead atoms. The van der Waals surface area contributed by atoms with E-state index in [0.717, 1.165) is 30.8 Å². The summed E-state index contributed by atoms with van der Waals surface area (Å²) in [6, 6.07) is 3.97.